The first-order valence-corrected chi connectivity index (χ1v) is 25.2. The minimum Gasteiger partial charge on any atom is -0.481 e. The lowest BCUT2D eigenvalue weighted by Crippen LogP contribution is -2.64. The molecular formula is C52H85N3O17. The highest BCUT2D eigenvalue weighted by Crippen LogP contribution is 2.38. The molecule has 2 fully saturated rings. The third-order valence-electron chi connectivity index (χ3n) is 13.4. The third kappa shape index (κ3) is 21.0. The van der Waals surface area contributed by atoms with Crippen LogP contribution in [0.5, 0.6) is 0 Å². The predicted octanol–water partition coefficient (Wildman–Crippen LogP) is 0.363. The Morgan fingerprint density at radius 3 is 1.86 bits per heavy atom. The minimum absolute atomic E-state index is 0.112. The Kier molecular flexibility index (Phi) is 27.9. The highest BCUT2D eigenvalue weighted by Gasteiger charge is 2.51. The van der Waals surface area contributed by atoms with Gasteiger partial charge in [0.1, 0.15) is 18.1 Å². The van der Waals surface area contributed by atoms with Crippen molar-refractivity contribution in [1.82, 2.24) is 4.90 Å². The summed E-state index contributed by atoms with van der Waals surface area (Å²) in [6.45, 7) is 8.11. The lowest BCUT2D eigenvalue weighted by molar-refractivity contribution is -0.312. The molecule has 3 aliphatic heterocycles. The number of carboxylic acids is 1. The molecule has 3 heterocycles. The molecule has 20 heteroatoms. The van der Waals surface area contributed by atoms with Crippen LogP contribution in [0.15, 0.2) is 85.1 Å². The number of aliphatic carboxylic acids is 1. The summed E-state index contributed by atoms with van der Waals surface area (Å²) >= 11 is 0. The molecule has 19 atom stereocenters. The summed E-state index contributed by atoms with van der Waals surface area (Å²) in [5.74, 6) is -6.88. The fraction of sp³-hybridized carbons (Fsp3) is 0.692. The molecular weight excluding hydrogens is 939 g/mol. The summed E-state index contributed by atoms with van der Waals surface area (Å²) in [5.41, 5.74) is 11.7. The Labute approximate surface area is 423 Å². The Bertz CT molecular complexity index is 1810. The van der Waals surface area contributed by atoms with Gasteiger partial charge in [-0.3, -0.25) is 14.5 Å². The number of carbonyl (C=O) groups excluding carboxylic acids is 1. The normalized spacial score (nSPS) is 42.3. The highest BCUT2D eigenvalue weighted by molar-refractivity contribution is 5.71. The van der Waals surface area contributed by atoms with E-state index in [1.807, 2.05) is 36.1 Å². The number of rotatable bonds is 9. The van der Waals surface area contributed by atoms with Crippen LogP contribution in [0.25, 0.3) is 0 Å². The predicted molar refractivity (Wildman–Crippen MR) is 267 cm³/mol. The molecule has 20 nitrogen and oxygen atoms in total. The number of hydrogen-bond donors (Lipinski definition) is 13. The number of carbonyl (C=O) groups is 2. The number of allylic oxidation sites excluding steroid dienone is 12. The van der Waals surface area contributed by atoms with Crippen LogP contribution in [0.4, 0.5) is 0 Å². The van der Waals surface area contributed by atoms with Gasteiger partial charge >= 0.3 is 11.9 Å². The van der Waals surface area contributed by atoms with E-state index in [1.54, 1.807) is 81.5 Å². The van der Waals surface area contributed by atoms with Gasteiger partial charge in [-0.15, -0.1) is 0 Å². The summed E-state index contributed by atoms with van der Waals surface area (Å²) in [6.07, 6.45) is 4.13. The molecule has 410 valence electrons. The fourth-order valence-corrected chi connectivity index (χ4v) is 9.22. The van der Waals surface area contributed by atoms with Gasteiger partial charge in [-0.25, -0.2) is 0 Å². The van der Waals surface area contributed by atoms with Crippen LogP contribution in [-0.4, -0.2) is 197 Å². The van der Waals surface area contributed by atoms with Gasteiger partial charge in [0.25, 0.3) is 0 Å². The summed E-state index contributed by atoms with van der Waals surface area (Å²) in [4.78, 5) is 27.2. The van der Waals surface area contributed by atoms with E-state index in [2.05, 4.69) is 0 Å². The Balaban J connectivity index is 1.94. The molecule has 3 rings (SSSR count). The lowest BCUT2D eigenvalue weighted by atomic mass is 9.82. The second-order valence-electron chi connectivity index (χ2n) is 19.4. The van der Waals surface area contributed by atoms with E-state index in [0.717, 1.165) is 0 Å². The number of cyclic esters (lactones) is 1. The van der Waals surface area contributed by atoms with Crippen molar-refractivity contribution in [2.24, 2.45) is 29.2 Å². The summed E-state index contributed by atoms with van der Waals surface area (Å²) < 4.78 is 23.8. The van der Waals surface area contributed by atoms with Crippen LogP contribution < -0.4 is 11.5 Å². The van der Waals surface area contributed by atoms with Gasteiger partial charge < -0.3 is 86.6 Å². The zero-order valence-electron chi connectivity index (χ0n) is 42.1. The Morgan fingerprint density at radius 2 is 1.28 bits per heavy atom. The number of aliphatic hydroxyl groups excluding tert-OH is 9. The molecule has 15 N–H and O–H groups in total. The number of ether oxygens (including phenoxy) is 4. The molecule has 2 saturated heterocycles. The maximum atomic E-state index is 12.7. The van der Waals surface area contributed by atoms with E-state index in [4.69, 9.17) is 30.4 Å². The third-order valence-corrected chi connectivity index (χ3v) is 13.4. The smallest absolute Gasteiger partial charge is 0.311 e. The molecule has 0 aliphatic carbocycles. The van der Waals surface area contributed by atoms with E-state index >= 15 is 0 Å². The maximum Gasteiger partial charge on any atom is 0.311 e. The van der Waals surface area contributed by atoms with Crippen molar-refractivity contribution < 1.29 is 84.7 Å². The van der Waals surface area contributed by atoms with Crippen LogP contribution in [0.1, 0.15) is 85.5 Å². The molecule has 0 aromatic carbocycles. The maximum absolute atomic E-state index is 12.7. The van der Waals surface area contributed by atoms with Crippen molar-refractivity contribution >= 4 is 11.9 Å². The van der Waals surface area contributed by atoms with E-state index in [9.17, 15) is 65.8 Å². The topological polar surface area (TPSA) is 349 Å². The minimum atomic E-state index is -2.34. The van der Waals surface area contributed by atoms with Crippen LogP contribution in [-0.2, 0) is 28.5 Å². The number of carboxylic acid groups (broad SMARTS) is 1. The SMILES string of the molecule is C[C@@H]1[C@H](O)[C@@H](C)/C=C/C=C/C=C/C=C/C=C/C=C/C=C/[C@H](O[C@@H]2O[C@H](C)[C@@H](O)[C@H](N(CCN)CCCN)[C@@H]2O)CC2O[C@](O)(C[C@@H](O)C[C@@H](O)[C@H](O)CC[C@@H](O)C[C@@H](O)CC(=O)O[C@H]1C)C[C@H](O)[C@H]2C(=O)O. The van der Waals surface area contributed by atoms with Crippen molar-refractivity contribution in [3.63, 3.8) is 0 Å². The van der Waals surface area contributed by atoms with Crippen LogP contribution in [0.3, 0.4) is 0 Å². The van der Waals surface area contributed by atoms with Gasteiger partial charge in [-0.1, -0.05) is 98.9 Å². The standard InChI is InChI=1S/C52H85N3O17/c1-32-18-15-13-11-9-7-5-6-8-10-12-14-16-19-39(71-51-49(65)46(48(64)35(4)70-51)55(25-23-54)24-17-22-53)29-43-45(50(66)67)42(61)31-52(68,72-43)30-38(58)27-41(60)40(59)21-20-36(56)26-37(57)28-44(62)69-34(3)33(2)47(32)63/h5-16,18-19,32-43,45-49,51,56-61,63-65,68H,17,20-31,53-54H2,1-4H3,(H,66,67)/b6-5+,9-7+,10-8+,13-11+,14-12+,18-15+,19-16+/t32-,33-,34-,35+,36+,37+,38-,39-,40+,41+,42-,43?,45+,46-,47+,48+,49-,51-,52+/m0/s1. The number of esters is 1. The Morgan fingerprint density at radius 1 is 0.681 bits per heavy atom. The van der Waals surface area contributed by atoms with Gasteiger partial charge in [0, 0.05) is 50.6 Å². The second-order valence-corrected chi connectivity index (χ2v) is 19.4. The van der Waals surface area contributed by atoms with Gasteiger partial charge in [0.15, 0.2) is 12.1 Å². The summed E-state index contributed by atoms with van der Waals surface area (Å²) in [6, 6.07) is -0.893. The van der Waals surface area contributed by atoms with Crippen molar-refractivity contribution in [3.05, 3.63) is 85.1 Å². The van der Waals surface area contributed by atoms with Gasteiger partial charge in [0.2, 0.25) is 0 Å². The van der Waals surface area contributed by atoms with E-state index in [-0.39, 0.29) is 38.1 Å². The first-order valence-electron chi connectivity index (χ1n) is 25.2. The van der Waals surface area contributed by atoms with Crippen molar-refractivity contribution in [1.29, 1.82) is 0 Å². The summed E-state index contributed by atoms with van der Waals surface area (Å²) in [5, 5.41) is 121. The van der Waals surface area contributed by atoms with Crippen molar-refractivity contribution in [2.75, 3.05) is 26.2 Å². The molecule has 0 aromatic rings. The molecule has 0 amide bonds. The van der Waals surface area contributed by atoms with E-state index in [1.165, 1.54) is 0 Å². The number of fused-ring (bicyclic) bond motifs is 2. The average Bonchev–Trinajstić information content (AvgIpc) is 3.29. The van der Waals surface area contributed by atoms with E-state index in [0.29, 0.717) is 26.1 Å². The first kappa shape index (κ1) is 62.8. The number of nitrogens with zero attached hydrogens (tertiary/aromatic N) is 1. The Hall–Kier alpha value is -3.52. The van der Waals surface area contributed by atoms with Crippen LogP contribution in [0, 0.1) is 17.8 Å². The fourth-order valence-electron chi connectivity index (χ4n) is 9.22. The summed E-state index contributed by atoms with van der Waals surface area (Å²) in [7, 11) is 0. The molecule has 1 unspecified atom stereocenters. The molecule has 0 saturated carbocycles. The monoisotopic (exact) mass is 1020 g/mol. The highest BCUT2D eigenvalue weighted by atomic mass is 16.7. The van der Waals surface area contributed by atoms with Crippen molar-refractivity contribution in [3.8, 4) is 0 Å². The first-order chi connectivity index (χ1) is 34.1. The molecule has 2 bridgehead atoms. The van der Waals surface area contributed by atoms with Crippen LogP contribution in [0.2, 0.25) is 0 Å². The van der Waals surface area contributed by atoms with Gasteiger partial charge in [-0.2, -0.15) is 0 Å². The largest absolute Gasteiger partial charge is 0.481 e. The molecule has 0 aromatic heterocycles. The molecule has 3 aliphatic rings. The van der Waals surface area contributed by atoms with E-state index < -0.39 is 147 Å². The van der Waals surface area contributed by atoms with Crippen LogP contribution >= 0.6 is 0 Å². The molecule has 0 spiro atoms. The lowest BCUT2D eigenvalue weighted by Gasteiger charge is -2.47. The second kappa shape index (κ2) is 32.0. The quantitative estimate of drug-likeness (QED) is 0.139. The van der Waals surface area contributed by atoms with Gasteiger partial charge in [-0.05, 0) is 52.6 Å². The van der Waals surface area contributed by atoms with Gasteiger partial charge in [0.05, 0.1) is 79.6 Å². The molecule has 72 heavy (non-hydrogen) atoms. The number of hydrogen-bond acceptors (Lipinski definition) is 19. The molecule has 0 radical (unpaired) electrons. The van der Waals surface area contributed by atoms with Crippen molar-refractivity contribution in [2.45, 2.75) is 183 Å². The zero-order valence-corrected chi connectivity index (χ0v) is 42.1. The average molecular weight is 1020 g/mol. The zero-order chi connectivity index (χ0) is 53.5. The number of aliphatic hydroxyl groups is 10. The number of nitrogens with two attached hydrogens (primary N) is 2.